The Morgan fingerprint density at radius 3 is 2.81 bits per heavy atom. The minimum atomic E-state index is -0.289. The molecule has 2 aromatic carbocycles. The van der Waals surface area contributed by atoms with Gasteiger partial charge in [-0.2, -0.15) is 0 Å². The van der Waals surface area contributed by atoms with E-state index in [0.717, 1.165) is 33.6 Å². The molecule has 2 heterocycles. The fraction of sp³-hybridized carbons (Fsp3) is 0.167. The Balaban J connectivity index is 1.47. The SMILES string of the molecule is Nc1ncc(C(=O)NCCO)c2scc(COc3cccc(NCc4ccccc4)c3)c12. The Kier molecular flexibility index (Phi) is 6.84. The minimum absolute atomic E-state index is 0.125. The van der Waals surface area contributed by atoms with Crippen LogP contribution in [0, 0.1) is 0 Å². The number of carbonyl (C=O) groups is 1. The highest BCUT2D eigenvalue weighted by molar-refractivity contribution is 7.17. The summed E-state index contributed by atoms with van der Waals surface area (Å²) >= 11 is 1.42. The monoisotopic (exact) mass is 448 g/mol. The van der Waals surface area contributed by atoms with E-state index in [1.807, 2.05) is 47.8 Å². The summed E-state index contributed by atoms with van der Waals surface area (Å²) in [5.74, 6) is 0.797. The Labute approximate surface area is 189 Å². The number of ether oxygens (including phenoxy) is 1. The predicted molar refractivity (Wildman–Crippen MR) is 128 cm³/mol. The number of carbonyl (C=O) groups excluding carboxylic acids is 1. The number of aliphatic hydroxyl groups is 1. The van der Waals surface area contributed by atoms with Crippen molar-refractivity contribution >= 4 is 38.8 Å². The van der Waals surface area contributed by atoms with Crippen molar-refractivity contribution in [2.45, 2.75) is 13.2 Å². The van der Waals surface area contributed by atoms with Gasteiger partial charge in [0.05, 0.1) is 16.9 Å². The molecule has 0 spiro atoms. The number of fused-ring (bicyclic) bond motifs is 1. The van der Waals surface area contributed by atoms with Crippen molar-refractivity contribution in [2.75, 3.05) is 24.2 Å². The van der Waals surface area contributed by atoms with Crippen molar-refractivity contribution in [3.63, 3.8) is 0 Å². The number of amides is 1. The molecule has 164 valence electrons. The fourth-order valence-electron chi connectivity index (χ4n) is 3.32. The number of benzene rings is 2. The van der Waals surface area contributed by atoms with Crippen molar-refractivity contribution in [2.24, 2.45) is 0 Å². The van der Waals surface area contributed by atoms with Crippen LogP contribution in [0.25, 0.3) is 10.1 Å². The van der Waals surface area contributed by atoms with Gasteiger partial charge in [0.1, 0.15) is 18.2 Å². The molecule has 7 nitrogen and oxygen atoms in total. The van der Waals surface area contributed by atoms with Gasteiger partial charge in [0.2, 0.25) is 0 Å². The molecule has 0 saturated carbocycles. The van der Waals surface area contributed by atoms with Crippen LogP contribution in [0.3, 0.4) is 0 Å². The van der Waals surface area contributed by atoms with E-state index < -0.39 is 0 Å². The standard InChI is InChI=1S/C24H24N4O3S/c25-23-21-17(15-32-22(21)20(13-28-23)24(30)26-9-10-29)14-31-19-8-4-7-18(11-19)27-12-16-5-2-1-3-6-16/h1-8,11,13,15,27,29H,9-10,12,14H2,(H2,25,28)(H,26,30). The summed E-state index contributed by atoms with van der Waals surface area (Å²) in [6, 6.07) is 18.0. The number of rotatable bonds is 9. The molecule has 8 heteroatoms. The molecular weight excluding hydrogens is 424 g/mol. The Hall–Kier alpha value is -3.62. The Morgan fingerprint density at radius 2 is 2.00 bits per heavy atom. The first-order chi connectivity index (χ1) is 15.7. The lowest BCUT2D eigenvalue weighted by atomic mass is 10.1. The van der Waals surface area contributed by atoms with Crippen molar-refractivity contribution in [3.05, 3.63) is 82.9 Å². The first kappa shape index (κ1) is 21.6. The predicted octanol–water partition coefficient (Wildman–Crippen LogP) is 3.79. The second-order valence-corrected chi connectivity index (χ2v) is 8.04. The molecule has 2 aromatic heterocycles. The number of nitrogens with one attached hydrogen (secondary N) is 2. The third-order valence-electron chi connectivity index (χ3n) is 4.91. The molecule has 0 aliphatic rings. The maximum Gasteiger partial charge on any atom is 0.254 e. The van der Waals surface area contributed by atoms with Crippen LogP contribution >= 0.6 is 11.3 Å². The molecule has 0 radical (unpaired) electrons. The zero-order valence-electron chi connectivity index (χ0n) is 17.4. The molecule has 1 amide bonds. The fourth-order valence-corrected chi connectivity index (χ4v) is 4.39. The smallest absolute Gasteiger partial charge is 0.254 e. The second-order valence-electron chi connectivity index (χ2n) is 7.16. The van der Waals surface area contributed by atoms with Crippen LogP contribution in [0.5, 0.6) is 5.75 Å². The first-order valence-corrected chi connectivity index (χ1v) is 11.1. The molecule has 0 fully saturated rings. The molecule has 0 unspecified atom stereocenters. The normalized spacial score (nSPS) is 10.8. The molecule has 5 N–H and O–H groups in total. The van der Waals surface area contributed by atoms with E-state index >= 15 is 0 Å². The van der Waals surface area contributed by atoms with Crippen LogP contribution in [-0.2, 0) is 13.2 Å². The lowest BCUT2D eigenvalue weighted by molar-refractivity contribution is 0.0946. The summed E-state index contributed by atoms with van der Waals surface area (Å²) in [6.07, 6.45) is 1.47. The molecule has 0 saturated heterocycles. The van der Waals surface area contributed by atoms with Gasteiger partial charge in [-0.05, 0) is 23.1 Å². The van der Waals surface area contributed by atoms with E-state index in [-0.39, 0.29) is 19.1 Å². The summed E-state index contributed by atoms with van der Waals surface area (Å²) in [4.78, 5) is 16.6. The third-order valence-corrected chi connectivity index (χ3v) is 5.97. The third kappa shape index (κ3) is 4.99. The van der Waals surface area contributed by atoms with Crippen LogP contribution < -0.4 is 21.1 Å². The Morgan fingerprint density at radius 1 is 1.16 bits per heavy atom. The molecule has 0 bridgehead atoms. The lowest BCUT2D eigenvalue weighted by Crippen LogP contribution is -2.26. The summed E-state index contributed by atoms with van der Waals surface area (Å²) in [7, 11) is 0. The van der Waals surface area contributed by atoms with Crippen LogP contribution in [0.4, 0.5) is 11.5 Å². The highest BCUT2D eigenvalue weighted by atomic mass is 32.1. The molecule has 32 heavy (non-hydrogen) atoms. The number of hydrogen-bond acceptors (Lipinski definition) is 7. The minimum Gasteiger partial charge on any atom is -0.489 e. The van der Waals surface area contributed by atoms with E-state index in [9.17, 15) is 4.79 Å². The van der Waals surface area contributed by atoms with Gasteiger partial charge >= 0.3 is 0 Å². The molecular formula is C24H24N4O3S. The second kappa shape index (κ2) is 10.1. The van der Waals surface area contributed by atoms with Gasteiger partial charge < -0.3 is 26.2 Å². The van der Waals surface area contributed by atoms with Crippen molar-refractivity contribution in [1.29, 1.82) is 0 Å². The van der Waals surface area contributed by atoms with Gasteiger partial charge in [0.25, 0.3) is 5.91 Å². The summed E-state index contributed by atoms with van der Waals surface area (Å²) in [6.45, 7) is 1.08. The Bertz CT molecular complexity index is 1210. The highest BCUT2D eigenvalue weighted by Gasteiger charge is 2.17. The number of anilines is 2. The average molecular weight is 449 g/mol. The summed E-state index contributed by atoms with van der Waals surface area (Å²) < 4.78 is 6.78. The zero-order valence-corrected chi connectivity index (χ0v) is 18.2. The average Bonchev–Trinajstić information content (AvgIpc) is 3.26. The van der Waals surface area contributed by atoms with Crippen molar-refractivity contribution in [3.8, 4) is 5.75 Å². The molecule has 4 aromatic rings. The number of nitrogens with zero attached hydrogens (tertiary/aromatic N) is 1. The highest BCUT2D eigenvalue weighted by Crippen LogP contribution is 2.33. The molecule has 0 aliphatic heterocycles. The molecule has 0 aliphatic carbocycles. The lowest BCUT2D eigenvalue weighted by Gasteiger charge is -2.10. The molecule has 4 rings (SSSR count). The molecule has 0 atom stereocenters. The quantitative estimate of drug-likeness (QED) is 0.310. The van der Waals surface area contributed by atoms with Crippen LogP contribution in [-0.4, -0.2) is 29.1 Å². The maximum absolute atomic E-state index is 12.4. The maximum atomic E-state index is 12.4. The van der Waals surface area contributed by atoms with Gasteiger partial charge in [0, 0.05) is 42.0 Å². The zero-order chi connectivity index (χ0) is 22.3. The van der Waals surface area contributed by atoms with Gasteiger partial charge in [0.15, 0.2) is 0 Å². The number of pyridine rings is 1. The van der Waals surface area contributed by atoms with Crippen LogP contribution in [0.15, 0.2) is 66.2 Å². The number of nitrogen functional groups attached to an aromatic ring is 1. The van der Waals surface area contributed by atoms with Crippen molar-refractivity contribution < 1.29 is 14.6 Å². The number of thiophene rings is 1. The first-order valence-electron chi connectivity index (χ1n) is 10.2. The van der Waals surface area contributed by atoms with E-state index in [1.165, 1.54) is 23.1 Å². The largest absolute Gasteiger partial charge is 0.489 e. The van der Waals surface area contributed by atoms with Crippen molar-refractivity contribution in [1.82, 2.24) is 10.3 Å². The summed E-state index contributed by atoms with van der Waals surface area (Å²) in [5.41, 5.74) is 9.59. The van der Waals surface area contributed by atoms with Crippen LogP contribution in [0.1, 0.15) is 21.5 Å². The topological polar surface area (TPSA) is 110 Å². The number of aliphatic hydroxyl groups excluding tert-OH is 1. The summed E-state index contributed by atoms with van der Waals surface area (Å²) in [5, 5.41) is 17.7. The number of aromatic nitrogens is 1. The van der Waals surface area contributed by atoms with Gasteiger partial charge in [-0.25, -0.2) is 4.98 Å². The van der Waals surface area contributed by atoms with Gasteiger partial charge in [-0.1, -0.05) is 36.4 Å². The van der Waals surface area contributed by atoms with Gasteiger partial charge in [-0.3, -0.25) is 4.79 Å². The van der Waals surface area contributed by atoms with E-state index in [1.54, 1.807) is 0 Å². The van der Waals surface area contributed by atoms with E-state index in [0.29, 0.717) is 18.0 Å². The van der Waals surface area contributed by atoms with E-state index in [2.05, 4.69) is 27.8 Å². The number of nitrogens with two attached hydrogens (primary N) is 1. The van der Waals surface area contributed by atoms with Gasteiger partial charge in [-0.15, -0.1) is 11.3 Å². The number of hydrogen-bond donors (Lipinski definition) is 4. The van der Waals surface area contributed by atoms with E-state index in [4.69, 9.17) is 15.6 Å². The van der Waals surface area contributed by atoms with Crippen LogP contribution in [0.2, 0.25) is 0 Å².